The van der Waals surface area contributed by atoms with Crippen LogP contribution in [-0.4, -0.2) is 21.8 Å². The Bertz CT molecular complexity index is 341. The Labute approximate surface area is 79.1 Å². The van der Waals surface area contributed by atoms with Crippen molar-refractivity contribution in [2.45, 2.75) is 13.8 Å². The first-order valence-electron chi connectivity index (χ1n) is 3.55. The van der Waals surface area contributed by atoms with E-state index in [1.165, 1.54) is 6.20 Å². The van der Waals surface area contributed by atoms with Gasteiger partial charge in [0.25, 0.3) is 0 Å². The Morgan fingerprint density at radius 3 is 2.85 bits per heavy atom. The molecule has 6 heteroatoms. The molecule has 1 aromatic heterocycles. The highest BCUT2D eigenvalue weighted by Crippen LogP contribution is 2.17. The van der Waals surface area contributed by atoms with Crippen molar-refractivity contribution < 1.29 is 9.90 Å². The van der Waals surface area contributed by atoms with Crippen LogP contribution in [0.15, 0.2) is 11.3 Å². The van der Waals surface area contributed by atoms with Crippen molar-refractivity contribution in [1.82, 2.24) is 4.98 Å². The van der Waals surface area contributed by atoms with Gasteiger partial charge in [0.15, 0.2) is 0 Å². The topological polar surface area (TPSA) is 74.6 Å². The Kier molecular flexibility index (Phi) is 2.97. The molecule has 0 aromatic carbocycles. The van der Waals surface area contributed by atoms with E-state index in [1.807, 2.05) is 13.8 Å². The number of hydrazone groups is 1. The van der Waals surface area contributed by atoms with E-state index in [9.17, 15) is 4.79 Å². The quantitative estimate of drug-likeness (QED) is 0.573. The molecule has 0 fully saturated rings. The van der Waals surface area contributed by atoms with Gasteiger partial charge in [-0.2, -0.15) is 5.10 Å². The van der Waals surface area contributed by atoms with E-state index in [4.69, 9.17) is 5.11 Å². The largest absolute Gasteiger partial charge is 0.477 e. The maximum atomic E-state index is 10.5. The molecule has 0 saturated carbocycles. The second-order valence-corrected chi connectivity index (χ2v) is 3.54. The number of anilines is 1. The number of carbonyl (C=O) groups is 1. The summed E-state index contributed by atoms with van der Waals surface area (Å²) in [5.41, 5.74) is 3.51. The van der Waals surface area contributed by atoms with Crippen LogP contribution in [0.25, 0.3) is 0 Å². The zero-order valence-corrected chi connectivity index (χ0v) is 8.05. The van der Waals surface area contributed by atoms with Gasteiger partial charge in [-0.05, 0) is 13.8 Å². The number of aromatic nitrogens is 1. The molecule has 0 aliphatic heterocycles. The molecule has 0 spiro atoms. The van der Waals surface area contributed by atoms with Crippen molar-refractivity contribution in [2.24, 2.45) is 5.10 Å². The average molecular weight is 199 g/mol. The van der Waals surface area contributed by atoms with Gasteiger partial charge in [0.1, 0.15) is 4.88 Å². The standard InChI is InChI=1S/C7H9N3O2S/c1-4(2)9-10-7-8-3-5(13-7)6(11)12/h3H,1-2H3,(H,8,10)(H,11,12). The highest BCUT2D eigenvalue weighted by atomic mass is 32.1. The fourth-order valence-electron chi connectivity index (χ4n) is 0.584. The van der Waals surface area contributed by atoms with Crippen LogP contribution in [0.1, 0.15) is 23.5 Å². The summed E-state index contributed by atoms with van der Waals surface area (Å²) in [7, 11) is 0. The molecule has 70 valence electrons. The van der Waals surface area contributed by atoms with E-state index in [-0.39, 0.29) is 4.88 Å². The number of nitrogens with zero attached hydrogens (tertiary/aromatic N) is 2. The van der Waals surface area contributed by atoms with Gasteiger partial charge in [0, 0.05) is 5.71 Å². The van der Waals surface area contributed by atoms with Crippen molar-refractivity contribution in [2.75, 3.05) is 5.43 Å². The van der Waals surface area contributed by atoms with Gasteiger partial charge in [0.05, 0.1) is 6.20 Å². The van der Waals surface area contributed by atoms with E-state index in [2.05, 4.69) is 15.5 Å². The zero-order chi connectivity index (χ0) is 9.84. The van der Waals surface area contributed by atoms with E-state index in [0.29, 0.717) is 5.13 Å². The third kappa shape index (κ3) is 2.83. The molecule has 1 aromatic rings. The van der Waals surface area contributed by atoms with Gasteiger partial charge in [-0.25, -0.2) is 9.78 Å². The third-order valence-electron chi connectivity index (χ3n) is 1.09. The maximum absolute atomic E-state index is 10.5. The van der Waals surface area contributed by atoms with Gasteiger partial charge < -0.3 is 5.11 Å². The maximum Gasteiger partial charge on any atom is 0.347 e. The molecule has 5 nitrogen and oxygen atoms in total. The summed E-state index contributed by atoms with van der Waals surface area (Å²) < 4.78 is 0. The Morgan fingerprint density at radius 2 is 2.38 bits per heavy atom. The number of carboxylic acids is 1. The van der Waals surface area contributed by atoms with Crippen LogP contribution < -0.4 is 5.43 Å². The molecular weight excluding hydrogens is 190 g/mol. The molecule has 0 unspecified atom stereocenters. The first-order valence-corrected chi connectivity index (χ1v) is 4.37. The summed E-state index contributed by atoms with van der Waals surface area (Å²) >= 11 is 1.05. The fraction of sp³-hybridized carbons (Fsp3) is 0.286. The van der Waals surface area contributed by atoms with Crippen LogP contribution >= 0.6 is 11.3 Å². The predicted octanol–water partition coefficient (Wildman–Crippen LogP) is 1.65. The lowest BCUT2D eigenvalue weighted by atomic mass is 10.5. The summed E-state index contributed by atoms with van der Waals surface area (Å²) in [6.07, 6.45) is 1.30. The Hall–Kier alpha value is -1.43. The van der Waals surface area contributed by atoms with E-state index in [1.54, 1.807) is 0 Å². The molecule has 0 bridgehead atoms. The number of nitrogens with one attached hydrogen (secondary N) is 1. The van der Waals surface area contributed by atoms with Crippen molar-refractivity contribution in [1.29, 1.82) is 0 Å². The van der Waals surface area contributed by atoms with Crippen LogP contribution in [0.4, 0.5) is 5.13 Å². The molecule has 0 radical (unpaired) electrons. The summed E-state index contributed by atoms with van der Waals surface area (Å²) in [6.45, 7) is 3.66. The van der Waals surface area contributed by atoms with E-state index >= 15 is 0 Å². The number of aromatic carboxylic acids is 1. The molecule has 0 amide bonds. The van der Waals surface area contributed by atoms with Gasteiger partial charge in [0.2, 0.25) is 5.13 Å². The van der Waals surface area contributed by atoms with Gasteiger partial charge in [-0.1, -0.05) is 11.3 Å². The van der Waals surface area contributed by atoms with Crippen LogP contribution in [-0.2, 0) is 0 Å². The second-order valence-electron chi connectivity index (χ2n) is 2.51. The molecule has 0 aliphatic carbocycles. The molecule has 1 rings (SSSR count). The molecular formula is C7H9N3O2S. The molecule has 0 saturated heterocycles. The van der Waals surface area contributed by atoms with Crippen LogP contribution in [0.5, 0.6) is 0 Å². The molecule has 2 N–H and O–H groups in total. The number of hydrogen-bond donors (Lipinski definition) is 2. The monoisotopic (exact) mass is 199 g/mol. The number of carboxylic acid groups (broad SMARTS) is 1. The summed E-state index contributed by atoms with van der Waals surface area (Å²) in [5, 5.41) is 13.0. The van der Waals surface area contributed by atoms with Gasteiger partial charge in [-0.15, -0.1) is 0 Å². The van der Waals surface area contributed by atoms with E-state index in [0.717, 1.165) is 17.0 Å². The van der Waals surface area contributed by atoms with Crippen LogP contribution in [0.3, 0.4) is 0 Å². The summed E-state index contributed by atoms with van der Waals surface area (Å²) in [4.78, 5) is 14.5. The molecule has 1 heterocycles. The predicted molar refractivity (Wildman–Crippen MR) is 51.5 cm³/mol. The lowest BCUT2D eigenvalue weighted by Gasteiger charge is -1.92. The zero-order valence-electron chi connectivity index (χ0n) is 7.24. The molecule has 13 heavy (non-hydrogen) atoms. The van der Waals surface area contributed by atoms with E-state index < -0.39 is 5.97 Å². The Balaban J connectivity index is 2.70. The fourth-order valence-corrected chi connectivity index (χ4v) is 1.18. The van der Waals surface area contributed by atoms with Gasteiger partial charge >= 0.3 is 5.97 Å². The lowest BCUT2D eigenvalue weighted by molar-refractivity contribution is 0.0702. The molecule has 0 aliphatic rings. The summed E-state index contributed by atoms with van der Waals surface area (Å²) in [6, 6.07) is 0. The van der Waals surface area contributed by atoms with Crippen molar-refractivity contribution in [3.05, 3.63) is 11.1 Å². The average Bonchev–Trinajstić information content (AvgIpc) is 2.48. The van der Waals surface area contributed by atoms with Crippen LogP contribution in [0, 0.1) is 0 Å². The molecule has 0 atom stereocenters. The third-order valence-corrected chi connectivity index (χ3v) is 1.98. The first-order chi connectivity index (χ1) is 6.09. The number of rotatable bonds is 3. The normalized spacial score (nSPS) is 9.38. The Morgan fingerprint density at radius 1 is 1.69 bits per heavy atom. The smallest absolute Gasteiger partial charge is 0.347 e. The highest BCUT2D eigenvalue weighted by molar-refractivity contribution is 7.17. The number of hydrogen-bond acceptors (Lipinski definition) is 5. The minimum Gasteiger partial charge on any atom is -0.477 e. The second kappa shape index (κ2) is 3.99. The highest BCUT2D eigenvalue weighted by Gasteiger charge is 2.07. The minimum atomic E-state index is -0.970. The first kappa shape index (κ1) is 9.66. The van der Waals surface area contributed by atoms with Crippen LogP contribution in [0.2, 0.25) is 0 Å². The van der Waals surface area contributed by atoms with Crippen molar-refractivity contribution in [3.63, 3.8) is 0 Å². The summed E-state index contributed by atoms with van der Waals surface area (Å²) in [5.74, 6) is -0.970. The number of thiazole rings is 1. The lowest BCUT2D eigenvalue weighted by Crippen LogP contribution is -1.91. The SMILES string of the molecule is CC(C)=NNc1ncc(C(=O)O)s1. The van der Waals surface area contributed by atoms with Crippen molar-refractivity contribution in [3.8, 4) is 0 Å². The van der Waals surface area contributed by atoms with Crippen molar-refractivity contribution >= 4 is 28.1 Å². The van der Waals surface area contributed by atoms with Gasteiger partial charge in [-0.3, -0.25) is 5.43 Å². The minimum absolute atomic E-state index is 0.200.